The molecule has 3 aromatic rings. The van der Waals surface area contributed by atoms with E-state index in [1.807, 2.05) is 60.6 Å². The number of rotatable bonds is 4. The summed E-state index contributed by atoms with van der Waals surface area (Å²) in [5.74, 6) is -0.105. The molecule has 2 aromatic heterocycles. The van der Waals surface area contributed by atoms with Gasteiger partial charge in [-0.25, -0.2) is 4.98 Å². The minimum absolute atomic E-state index is 0.0397. The Labute approximate surface area is 188 Å². The van der Waals surface area contributed by atoms with Crippen molar-refractivity contribution in [1.29, 1.82) is 0 Å². The van der Waals surface area contributed by atoms with Crippen LogP contribution in [-0.2, 0) is 16.1 Å². The van der Waals surface area contributed by atoms with Crippen LogP contribution in [0.1, 0.15) is 23.2 Å². The van der Waals surface area contributed by atoms with Crippen molar-refractivity contribution < 1.29 is 9.59 Å². The molecule has 4 heterocycles. The van der Waals surface area contributed by atoms with Gasteiger partial charge < -0.3 is 14.2 Å². The lowest BCUT2D eigenvalue weighted by molar-refractivity contribution is -0.137. The quantitative estimate of drug-likeness (QED) is 0.637. The van der Waals surface area contributed by atoms with Gasteiger partial charge in [-0.2, -0.15) is 0 Å². The zero-order valence-electron chi connectivity index (χ0n) is 18.7. The SMILES string of the molecule is Cc1ccc(N2CC(C(=O)N3CCN(Cc4cnc5ccccn45)CC3)CC2=O)cc1C. The number of piperazine rings is 1. The van der Waals surface area contributed by atoms with Crippen LogP contribution in [-0.4, -0.2) is 63.7 Å². The minimum atomic E-state index is -0.255. The fourth-order valence-corrected chi connectivity index (χ4v) is 4.73. The van der Waals surface area contributed by atoms with E-state index in [1.165, 1.54) is 5.56 Å². The van der Waals surface area contributed by atoms with Crippen molar-refractivity contribution in [3.63, 3.8) is 0 Å². The molecule has 2 aliphatic rings. The lowest BCUT2D eigenvalue weighted by Crippen LogP contribution is -2.50. The molecule has 1 aromatic carbocycles. The molecule has 32 heavy (non-hydrogen) atoms. The predicted molar refractivity (Wildman–Crippen MR) is 123 cm³/mol. The number of carbonyl (C=O) groups is 2. The third-order valence-corrected chi connectivity index (χ3v) is 6.84. The Morgan fingerprint density at radius 2 is 1.88 bits per heavy atom. The number of aryl methyl sites for hydroxylation is 2. The molecular formula is C25H29N5O2. The van der Waals surface area contributed by atoms with Crippen molar-refractivity contribution in [2.24, 2.45) is 5.92 Å². The second kappa shape index (κ2) is 8.39. The second-order valence-electron chi connectivity index (χ2n) is 8.95. The van der Waals surface area contributed by atoms with Crippen molar-refractivity contribution in [2.45, 2.75) is 26.8 Å². The molecule has 5 rings (SSSR count). The van der Waals surface area contributed by atoms with E-state index < -0.39 is 0 Å². The van der Waals surface area contributed by atoms with Crippen LogP contribution >= 0.6 is 0 Å². The van der Waals surface area contributed by atoms with E-state index in [-0.39, 0.29) is 17.7 Å². The molecule has 0 aliphatic carbocycles. The molecule has 0 saturated carbocycles. The summed E-state index contributed by atoms with van der Waals surface area (Å²) < 4.78 is 2.11. The number of carbonyl (C=O) groups excluding carboxylic acids is 2. The number of hydrogen-bond acceptors (Lipinski definition) is 4. The van der Waals surface area contributed by atoms with Crippen LogP contribution in [0.2, 0.25) is 0 Å². The van der Waals surface area contributed by atoms with Crippen molar-refractivity contribution in [3.05, 3.63) is 65.6 Å². The number of imidazole rings is 1. The normalized spacial score (nSPS) is 19.8. The van der Waals surface area contributed by atoms with Crippen LogP contribution in [0.15, 0.2) is 48.8 Å². The highest BCUT2D eigenvalue weighted by atomic mass is 16.2. The first-order valence-corrected chi connectivity index (χ1v) is 11.3. The zero-order chi connectivity index (χ0) is 22.2. The molecule has 1 unspecified atom stereocenters. The molecule has 0 bridgehead atoms. The lowest BCUT2D eigenvalue weighted by atomic mass is 10.1. The Morgan fingerprint density at radius 1 is 1.06 bits per heavy atom. The number of fused-ring (bicyclic) bond motifs is 1. The van der Waals surface area contributed by atoms with Crippen molar-refractivity contribution in [1.82, 2.24) is 19.2 Å². The molecule has 0 N–H and O–H groups in total. The Hall–Kier alpha value is -3.19. The summed E-state index contributed by atoms with van der Waals surface area (Å²) in [5, 5.41) is 0. The van der Waals surface area contributed by atoms with Gasteiger partial charge in [0.25, 0.3) is 0 Å². The average Bonchev–Trinajstić information content (AvgIpc) is 3.39. The first-order chi connectivity index (χ1) is 15.5. The van der Waals surface area contributed by atoms with Crippen LogP contribution in [0.25, 0.3) is 5.65 Å². The monoisotopic (exact) mass is 431 g/mol. The van der Waals surface area contributed by atoms with E-state index in [0.29, 0.717) is 26.1 Å². The summed E-state index contributed by atoms with van der Waals surface area (Å²) in [7, 11) is 0. The third kappa shape index (κ3) is 3.88. The van der Waals surface area contributed by atoms with Crippen LogP contribution in [0, 0.1) is 19.8 Å². The van der Waals surface area contributed by atoms with E-state index in [1.54, 1.807) is 4.90 Å². The molecule has 0 spiro atoms. The minimum Gasteiger partial charge on any atom is -0.340 e. The van der Waals surface area contributed by atoms with Crippen LogP contribution < -0.4 is 4.90 Å². The summed E-state index contributed by atoms with van der Waals surface area (Å²) in [6.45, 7) is 8.45. The van der Waals surface area contributed by atoms with Crippen molar-refractivity contribution in [2.75, 3.05) is 37.6 Å². The number of aromatic nitrogens is 2. The molecule has 0 radical (unpaired) electrons. The summed E-state index contributed by atoms with van der Waals surface area (Å²) in [6, 6.07) is 12.1. The Kier molecular flexibility index (Phi) is 5.43. The van der Waals surface area contributed by atoms with Gasteiger partial charge in [0.1, 0.15) is 5.65 Å². The molecule has 2 saturated heterocycles. The van der Waals surface area contributed by atoms with Crippen LogP contribution in [0.5, 0.6) is 0 Å². The van der Waals surface area contributed by atoms with E-state index in [0.717, 1.165) is 42.2 Å². The number of hydrogen-bond donors (Lipinski definition) is 0. The van der Waals surface area contributed by atoms with Gasteiger partial charge in [0.2, 0.25) is 11.8 Å². The summed E-state index contributed by atoms with van der Waals surface area (Å²) in [6.07, 6.45) is 4.27. The fraction of sp³-hybridized carbons (Fsp3) is 0.400. The molecule has 2 fully saturated rings. The van der Waals surface area contributed by atoms with E-state index in [2.05, 4.69) is 21.2 Å². The lowest BCUT2D eigenvalue weighted by Gasteiger charge is -2.35. The van der Waals surface area contributed by atoms with Crippen LogP contribution in [0.3, 0.4) is 0 Å². The molecule has 7 heteroatoms. The number of benzene rings is 1. The van der Waals surface area contributed by atoms with E-state index in [9.17, 15) is 9.59 Å². The van der Waals surface area contributed by atoms with Gasteiger partial charge in [-0.05, 0) is 49.2 Å². The molecular weight excluding hydrogens is 402 g/mol. The van der Waals surface area contributed by atoms with Crippen LogP contribution in [0.4, 0.5) is 5.69 Å². The number of amides is 2. The highest BCUT2D eigenvalue weighted by Crippen LogP contribution is 2.28. The summed E-state index contributed by atoms with van der Waals surface area (Å²) in [4.78, 5) is 36.3. The maximum atomic E-state index is 13.2. The first kappa shape index (κ1) is 20.7. The largest absolute Gasteiger partial charge is 0.340 e. The zero-order valence-corrected chi connectivity index (χ0v) is 18.7. The van der Waals surface area contributed by atoms with E-state index >= 15 is 0 Å². The Bertz CT molecular complexity index is 1160. The molecule has 2 amide bonds. The molecule has 2 aliphatic heterocycles. The third-order valence-electron chi connectivity index (χ3n) is 6.84. The smallest absolute Gasteiger partial charge is 0.228 e. The van der Waals surface area contributed by atoms with Gasteiger partial charge in [0.15, 0.2) is 0 Å². The highest BCUT2D eigenvalue weighted by molar-refractivity contribution is 6.00. The fourth-order valence-electron chi connectivity index (χ4n) is 4.73. The standard InChI is InChI=1S/C25H29N5O2/c1-18-6-7-21(13-19(18)2)30-16-20(14-24(30)31)25(32)28-11-9-27(10-12-28)17-22-15-26-23-5-3-4-8-29(22)23/h3-8,13,15,20H,9-12,14,16-17H2,1-2H3. The van der Waals surface area contributed by atoms with Gasteiger partial charge in [-0.15, -0.1) is 0 Å². The van der Waals surface area contributed by atoms with Gasteiger partial charge in [-0.1, -0.05) is 12.1 Å². The van der Waals surface area contributed by atoms with Gasteiger partial charge in [-0.3, -0.25) is 14.5 Å². The topological polar surface area (TPSA) is 61.2 Å². The van der Waals surface area contributed by atoms with Crippen molar-refractivity contribution in [3.8, 4) is 0 Å². The maximum Gasteiger partial charge on any atom is 0.228 e. The predicted octanol–water partition coefficient (Wildman–Crippen LogP) is 2.65. The number of pyridine rings is 1. The molecule has 7 nitrogen and oxygen atoms in total. The molecule has 166 valence electrons. The maximum absolute atomic E-state index is 13.2. The number of nitrogens with zero attached hydrogens (tertiary/aromatic N) is 5. The highest BCUT2D eigenvalue weighted by Gasteiger charge is 2.38. The number of anilines is 1. The first-order valence-electron chi connectivity index (χ1n) is 11.3. The summed E-state index contributed by atoms with van der Waals surface area (Å²) in [5.41, 5.74) is 5.37. The van der Waals surface area contributed by atoms with Gasteiger partial charge in [0, 0.05) is 57.6 Å². The van der Waals surface area contributed by atoms with Crippen molar-refractivity contribution >= 4 is 23.1 Å². The summed E-state index contributed by atoms with van der Waals surface area (Å²) >= 11 is 0. The van der Waals surface area contributed by atoms with E-state index in [4.69, 9.17) is 0 Å². The van der Waals surface area contributed by atoms with Gasteiger partial charge in [0.05, 0.1) is 17.8 Å². The Balaban J connectivity index is 1.18. The molecule has 1 atom stereocenters. The van der Waals surface area contributed by atoms with Gasteiger partial charge >= 0.3 is 0 Å². The average molecular weight is 432 g/mol. The second-order valence-corrected chi connectivity index (χ2v) is 8.95. The Morgan fingerprint density at radius 3 is 2.66 bits per heavy atom.